The van der Waals surface area contributed by atoms with E-state index in [-0.39, 0.29) is 11.9 Å². The number of carbonyl (C=O) groups is 1. The Labute approximate surface area is 103 Å². The summed E-state index contributed by atoms with van der Waals surface area (Å²) < 4.78 is 5.12. The minimum Gasteiger partial charge on any atom is -0.466 e. The molecule has 0 bridgehead atoms. The summed E-state index contributed by atoms with van der Waals surface area (Å²) in [6, 6.07) is 9.82. The van der Waals surface area contributed by atoms with Gasteiger partial charge in [0.15, 0.2) is 0 Å². The summed E-state index contributed by atoms with van der Waals surface area (Å²) in [5.74, 6) is -0.285. The second-order valence-electron chi connectivity index (χ2n) is 3.86. The van der Waals surface area contributed by atoms with Gasteiger partial charge in [0.1, 0.15) is 0 Å². The third-order valence-electron chi connectivity index (χ3n) is 2.63. The van der Waals surface area contributed by atoms with Gasteiger partial charge >= 0.3 is 5.97 Å². The van der Waals surface area contributed by atoms with Gasteiger partial charge in [0.25, 0.3) is 0 Å². The number of hydrogen-bond donors (Lipinski definition) is 1. The maximum Gasteiger partial charge on any atom is 0.313 e. The monoisotopic (exact) mass is 235 g/mol. The predicted molar refractivity (Wildman–Crippen MR) is 69.0 cm³/mol. The summed E-state index contributed by atoms with van der Waals surface area (Å²) in [5, 5.41) is 3.24. The van der Waals surface area contributed by atoms with Crippen LogP contribution in [0, 0.1) is 0 Å². The zero-order valence-electron chi connectivity index (χ0n) is 10.6. The zero-order chi connectivity index (χ0) is 12.5. The molecule has 0 aliphatic heterocycles. The Balaban J connectivity index is 2.68. The number of rotatable bonds is 7. The molecular weight excluding hydrogens is 214 g/mol. The first-order valence-corrected chi connectivity index (χ1v) is 6.21. The number of nitrogens with one attached hydrogen (secondary N) is 1. The molecule has 0 radical (unpaired) electrons. The van der Waals surface area contributed by atoms with Gasteiger partial charge in [0.2, 0.25) is 0 Å². The summed E-state index contributed by atoms with van der Waals surface area (Å²) in [7, 11) is 0. The van der Waals surface area contributed by atoms with Crippen molar-refractivity contribution in [3.8, 4) is 0 Å². The second kappa shape index (κ2) is 7.85. The fourth-order valence-electron chi connectivity index (χ4n) is 1.77. The predicted octanol–water partition coefficient (Wildman–Crippen LogP) is 2.33. The number of esters is 1. The molecule has 0 aliphatic rings. The van der Waals surface area contributed by atoms with Crippen LogP contribution in [0.1, 0.15) is 31.7 Å². The van der Waals surface area contributed by atoms with Crippen LogP contribution in [0.4, 0.5) is 0 Å². The van der Waals surface area contributed by atoms with Gasteiger partial charge in [-0.3, -0.25) is 4.79 Å². The van der Waals surface area contributed by atoms with E-state index in [0.29, 0.717) is 6.61 Å². The highest BCUT2D eigenvalue weighted by atomic mass is 16.5. The van der Waals surface area contributed by atoms with Crippen molar-refractivity contribution in [1.82, 2.24) is 5.32 Å². The third kappa shape index (κ3) is 4.57. The summed E-state index contributed by atoms with van der Waals surface area (Å²) in [4.78, 5) is 11.9. The Hall–Kier alpha value is -1.35. The van der Waals surface area contributed by atoms with E-state index < -0.39 is 0 Å². The van der Waals surface area contributed by atoms with Crippen molar-refractivity contribution in [3.63, 3.8) is 0 Å². The van der Waals surface area contributed by atoms with E-state index in [2.05, 4.69) is 12.2 Å². The van der Waals surface area contributed by atoms with Gasteiger partial charge in [-0.25, -0.2) is 0 Å². The molecule has 1 atom stereocenters. The van der Waals surface area contributed by atoms with Crippen molar-refractivity contribution in [2.45, 2.75) is 26.2 Å². The fourth-order valence-corrected chi connectivity index (χ4v) is 1.77. The highest BCUT2D eigenvalue weighted by Gasteiger charge is 2.20. The van der Waals surface area contributed by atoms with Gasteiger partial charge in [0.05, 0.1) is 12.5 Å². The molecular formula is C14H21NO2. The van der Waals surface area contributed by atoms with Crippen LogP contribution in [0.25, 0.3) is 0 Å². The van der Waals surface area contributed by atoms with Crippen molar-refractivity contribution in [2.75, 3.05) is 19.7 Å². The molecule has 0 aliphatic carbocycles. The molecule has 0 saturated heterocycles. The number of ether oxygens (including phenoxy) is 1. The molecule has 17 heavy (non-hydrogen) atoms. The molecule has 94 valence electrons. The van der Waals surface area contributed by atoms with Gasteiger partial charge in [-0.2, -0.15) is 0 Å². The summed E-state index contributed by atoms with van der Waals surface area (Å²) in [6.45, 7) is 6.08. The van der Waals surface area contributed by atoms with Crippen molar-refractivity contribution >= 4 is 5.97 Å². The van der Waals surface area contributed by atoms with Crippen LogP contribution in [-0.4, -0.2) is 25.7 Å². The highest BCUT2D eigenvalue weighted by Crippen LogP contribution is 2.20. The average molecular weight is 235 g/mol. The molecule has 0 spiro atoms. The molecule has 1 aromatic carbocycles. The van der Waals surface area contributed by atoms with Gasteiger partial charge in [-0.15, -0.1) is 0 Å². The molecule has 0 heterocycles. The molecule has 1 rings (SSSR count). The number of carbonyl (C=O) groups excluding carboxylic acids is 1. The van der Waals surface area contributed by atoms with Crippen LogP contribution < -0.4 is 5.32 Å². The normalized spacial score (nSPS) is 12.1. The lowest BCUT2D eigenvalue weighted by molar-refractivity contribution is -0.145. The van der Waals surface area contributed by atoms with Crippen LogP contribution in [0.3, 0.4) is 0 Å². The van der Waals surface area contributed by atoms with Gasteiger partial charge < -0.3 is 10.1 Å². The fraction of sp³-hybridized carbons (Fsp3) is 0.500. The largest absolute Gasteiger partial charge is 0.466 e. The van der Waals surface area contributed by atoms with E-state index in [9.17, 15) is 4.79 Å². The van der Waals surface area contributed by atoms with E-state index in [1.54, 1.807) is 0 Å². The maximum absolute atomic E-state index is 11.9. The molecule has 0 aromatic heterocycles. The van der Waals surface area contributed by atoms with E-state index >= 15 is 0 Å². The Bertz CT molecular complexity index is 324. The number of hydrogen-bond acceptors (Lipinski definition) is 3. The van der Waals surface area contributed by atoms with Crippen LogP contribution >= 0.6 is 0 Å². The van der Waals surface area contributed by atoms with E-state index in [4.69, 9.17) is 4.74 Å². The summed E-state index contributed by atoms with van der Waals surface area (Å²) >= 11 is 0. The molecule has 0 amide bonds. The first kappa shape index (κ1) is 13.7. The molecule has 1 unspecified atom stereocenters. The minimum absolute atomic E-state index is 0.128. The molecule has 0 fully saturated rings. The second-order valence-corrected chi connectivity index (χ2v) is 3.86. The SMILES string of the molecule is CCNCCC(C(=O)OCC)c1ccccc1. The Morgan fingerprint density at radius 3 is 2.59 bits per heavy atom. The average Bonchev–Trinajstić information content (AvgIpc) is 2.36. The van der Waals surface area contributed by atoms with Crippen molar-refractivity contribution in [2.24, 2.45) is 0 Å². The summed E-state index contributed by atoms with van der Waals surface area (Å²) in [6.07, 6.45) is 0.774. The Morgan fingerprint density at radius 1 is 1.29 bits per heavy atom. The van der Waals surface area contributed by atoms with Crippen LogP contribution in [0.15, 0.2) is 30.3 Å². The Morgan fingerprint density at radius 2 is 2.00 bits per heavy atom. The molecule has 1 aromatic rings. The molecule has 1 N–H and O–H groups in total. The first-order chi connectivity index (χ1) is 8.29. The smallest absolute Gasteiger partial charge is 0.313 e. The zero-order valence-corrected chi connectivity index (χ0v) is 10.6. The lowest BCUT2D eigenvalue weighted by Gasteiger charge is -2.16. The van der Waals surface area contributed by atoms with Crippen molar-refractivity contribution in [1.29, 1.82) is 0 Å². The van der Waals surface area contributed by atoms with E-state index in [0.717, 1.165) is 25.1 Å². The highest BCUT2D eigenvalue weighted by molar-refractivity contribution is 5.78. The third-order valence-corrected chi connectivity index (χ3v) is 2.63. The first-order valence-electron chi connectivity index (χ1n) is 6.21. The molecule has 3 heteroatoms. The minimum atomic E-state index is -0.157. The van der Waals surface area contributed by atoms with Gasteiger partial charge in [0, 0.05) is 0 Å². The molecule has 3 nitrogen and oxygen atoms in total. The standard InChI is InChI=1S/C14H21NO2/c1-3-15-11-10-13(14(16)17-4-2)12-8-6-5-7-9-12/h5-9,13,15H,3-4,10-11H2,1-2H3. The van der Waals surface area contributed by atoms with Crippen LogP contribution in [-0.2, 0) is 9.53 Å². The topological polar surface area (TPSA) is 38.3 Å². The van der Waals surface area contributed by atoms with Crippen molar-refractivity contribution in [3.05, 3.63) is 35.9 Å². The van der Waals surface area contributed by atoms with Crippen molar-refractivity contribution < 1.29 is 9.53 Å². The number of benzene rings is 1. The molecule has 0 saturated carbocycles. The van der Waals surface area contributed by atoms with Gasteiger partial charge in [-0.1, -0.05) is 37.3 Å². The van der Waals surface area contributed by atoms with Crippen LogP contribution in [0.5, 0.6) is 0 Å². The van der Waals surface area contributed by atoms with Crippen LogP contribution in [0.2, 0.25) is 0 Å². The van der Waals surface area contributed by atoms with E-state index in [1.165, 1.54) is 0 Å². The lowest BCUT2D eigenvalue weighted by Crippen LogP contribution is -2.22. The summed E-state index contributed by atoms with van der Waals surface area (Å²) in [5.41, 5.74) is 1.03. The Kier molecular flexibility index (Phi) is 6.33. The van der Waals surface area contributed by atoms with E-state index in [1.807, 2.05) is 37.3 Å². The quantitative estimate of drug-likeness (QED) is 0.582. The maximum atomic E-state index is 11.9. The van der Waals surface area contributed by atoms with Gasteiger partial charge in [-0.05, 0) is 32.0 Å². The lowest BCUT2D eigenvalue weighted by atomic mass is 9.96.